The summed E-state index contributed by atoms with van der Waals surface area (Å²) in [4.78, 5) is 12.3. The number of hydrogen-bond acceptors (Lipinski definition) is 3. The van der Waals surface area contributed by atoms with Crippen molar-refractivity contribution in [2.75, 3.05) is 7.11 Å². The number of nitriles is 1. The third-order valence-corrected chi connectivity index (χ3v) is 3.94. The van der Waals surface area contributed by atoms with E-state index in [1.165, 1.54) is 0 Å². The van der Waals surface area contributed by atoms with E-state index in [1.807, 2.05) is 48.2 Å². The summed E-state index contributed by atoms with van der Waals surface area (Å²) >= 11 is 0. The molecule has 4 nitrogen and oxygen atoms in total. The van der Waals surface area contributed by atoms with E-state index in [1.54, 1.807) is 37.5 Å². The monoisotopic (exact) mass is 316 g/mol. The van der Waals surface area contributed by atoms with Crippen molar-refractivity contribution in [2.45, 2.75) is 0 Å². The molecule has 0 bridgehead atoms. The van der Waals surface area contributed by atoms with Crippen LogP contribution in [-0.4, -0.2) is 17.5 Å². The Labute approximate surface area is 140 Å². The molecule has 2 aromatic carbocycles. The van der Waals surface area contributed by atoms with E-state index in [9.17, 15) is 4.79 Å². The first-order chi connectivity index (χ1) is 11.6. The number of carbonyl (C=O) groups excluding carboxylic acids is 1. The zero-order valence-electron chi connectivity index (χ0n) is 13.5. The summed E-state index contributed by atoms with van der Waals surface area (Å²) in [5.41, 5.74) is 3.12. The molecule has 0 aliphatic heterocycles. The average Bonchev–Trinajstić information content (AvgIpc) is 2.95. The van der Waals surface area contributed by atoms with Crippen LogP contribution in [0.4, 0.5) is 0 Å². The molecule has 24 heavy (non-hydrogen) atoms. The Morgan fingerprint density at radius 1 is 1.21 bits per heavy atom. The number of aromatic nitrogens is 1. The van der Waals surface area contributed by atoms with E-state index in [2.05, 4.69) is 0 Å². The Bertz CT molecular complexity index is 973. The molecule has 3 rings (SSSR count). The minimum atomic E-state index is -0.0978. The lowest BCUT2D eigenvalue weighted by Crippen LogP contribution is -1.93. The van der Waals surface area contributed by atoms with Gasteiger partial charge in [-0.2, -0.15) is 5.26 Å². The fourth-order valence-electron chi connectivity index (χ4n) is 2.63. The van der Waals surface area contributed by atoms with E-state index in [0.717, 1.165) is 22.2 Å². The van der Waals surface area contributed by atoms with Gasteiger partial charge >= 0.3 is 0 Å². The predicted octanol–water partition coefficient (Wildman–Crippen LogP) is 3.95. The quantitative estimate of drug-likeness (QED) is 0.541. The first kappa shape index (κ1) is 15.6. The van der Waals surface area contributed by atoms with Gasteiger partial charge in [-0.25, -0.2) is 0 Å². The van der Waals surface area contributed by atoms with Gasteiger partial charge in [0.1, 0.15) is 5.75 Å². The smallest absolute Gasteiger partial charge is 0.185 e. The van der Waals surface area contributed by atoms with Crippen LogP contribution in [-0.2, 0) is 7.05 Å². The second-order valence-electron chi connectivity index (χ2n) is 5.47. The van der Waals surface area contributed by atoms with Gasteiger partial charge in [0.15, 0.2) is 5.78 Å². The van der Waals surface area contributed by atoms with Gasteiger partial charge in [-0.05, 0) is 54.6 Å². The average molecular weight is 316 g/mol. The molecule has 0 atom stereocenters. The number of allylic oxidation sites excluding steroid dienone is 1. The predicted molar refractivity (Wildman–Crippen MR) is 94.0 cm³/mol. The highest BCUT2D eigenvalue weighted by Crippen LogP contribution is 2.26. The molecule has 0 saturated carbocycles. The molecule has 3 aromatic rings. The summed E-state index contributed by atoms with van der Waals surface area (Å²) in [6.45, 7) is 0. The van der Waals surface area contributed by atoms with Crippen LogP contribution in [0.15, 0.2) is 54.7 Å². The molecular formula is C20H16N2O2. The van der Waals surface area contributed by atoms with Crippen LogP contribution in [0.5, 0.6) is 5.75 Å². The minimum Gasteiger partial charge on any atom is -0.497 e. The van der Waals surface area contributed by atoms with Gasteiger partial charge in [-0.1, -0.05) is 0 Å². The van der Waals surface area contributed by atoms with Crippen LogP contribution in [0.2, 0.25) is 0 Å². The second kappa shape index (κ2) is 6.43. The molecule has 0 N–H and O–H groups in total. The standard InChI is InChI=1S/C20H16N2O2/c1-22-13-16(18-11-17(24-2)8-9-19(18)22)7-10-20(23)15-5-3-14(12-21)4-6-15/h3-11,13H,1-2H3/b10-7+. The molecular weight excluding hydrogens is 300 g/mol. The van der Waals surface area contributed by atoms with Crippen molar-refractivity contribution in [3.63, 3.8) is 0 Å². The molecule has 0 radical (unpaired) electrons. The lowest BCUT2D eigenvalue weighted by Gasteiger charge is -2.00. The summed E-state index contributed by atoms with van der Waals surface area (Å²) in [6.07, 6.45) is 5.34. The number of benzene rings is 2. The van der Waals surface area contributed by atoms with E-state index < -0.39 is 0 Å². The first-order valence-corrected chi connectivity index (χ1v) is 7.48. The zero-order valence-corrected chi connectivity index (χ0v) is 13.5. The van der Waals surface area contributed by atoms with Gasteiger partial charge in [0.2, 0.25) is 0 Å². The van der Waals surface area contributed by atoms with Crippen LogP contribution in [0.3, 0.4) is 0 Å². The molecule has 0 aliphatic carbocycles. The van der Waals surface area contributed by atoms with Crippen LogP contribution in [0.25, 0.3) is 17.0 Å². The number of fused-ring (bicyclic) bond motifs is 1. The maximum absolute atomic E-state index is 12.3. The molecule has 0 spiro atoms. The zero-order chi connectivity index (χ0) is 17.1. The van der Waals surface area contributed by atoms with E-state index in [4.69, 9.17) is 10.00 Å². The summed E-state index contributed by atoms with van der Waals surface area (Å²) < 4.78 is 7.29. The summed E-state index contributed by atoms with van der Waals surface area (Å²) in [6, 6.07) is 14.5. The van der Waals surface area contributed by atoms with Crippen molar-refractivity contribution in [3.05, 3.63) is 71.4 Å². The number of carbonyl (C=O) groups is 1. The Morgan fingerprint density at radius 3 is 2.62 bits per heavy atom. The number of aryl methyl sites for hydroxylation is 1. The minimum absolute atomic E-state index is 0.0978. The van der Waals surface area contributed by atoms with Gasteiger partial charge in [0.25, 0.3) is 0 Å². The Morgan fingerprint density at radius 2 is 1.96 bits per heavy atom. The van der Waals surface area contributed by atoms with Crippen molar-refractivity contribution in [1.82, 2.24) is 4.57 Å². The van der Waals surface area contributed by atoms with Crippen LogP contribution < -0.4 is 4.74 Å². The first-order valence-electron chi connectivity index (χ1n) is 7.48. The highest BCUT2D eigenvalue weighted by molar-refractivity contribution is 6.07. The normalized spacial score (nSPS) is 10.9. The lowest BCUT2D eigenvalue weighted by atomic mass is 10.1. The molecule has 118 valence electrons. The van der Waals surface area contributed by atoms with Gasteiger partial charge in [0, 0.05) is 35.3 Å². The molecule has 0 fully saturated rings. The van der Waals surface area contributed by atoms with Gasteiger partial charge in [-0.15, -0.1) is 0 Å². The van der Waals surface area contributed by atoms with E-state index in [-0.39, 0.29) is 5.78 Å². The largest absolute Gasteiger partial charge is 0.497 e. The van der Waals surface area contributed by atoms with Crippen LogP contribution in [0, 0.1) is 11.3 Å². The molecule has 0 saturated heterocycles. The number of methoxy groups -OCH3 is 1. The van der Waals surface area contributed by atoms with Crippen LogP contribution >= 0.6 is 0 Å². The highest BCUT2D eigenvalue weighted by atomic mass is 16.5. The third kappa shape index (κ3) is 2.92. The summed E-state index contributed by atoms with van der Waals surface area (Å²) in [5.74, 6) is 0.682. The van der Waals surface area contributed by atoms with Gasteiger partial charge in [-0.3, -0.25) is 4.79 Å². The van der Waals surface area contributed by atoms with E-state index in [0.29, 0.717) is 11.1 Å². The number of hydrogen-bond donors (Lipinski definition) is 0. The maximum atomic E-state index is 12.3. The van der Waals surface area contributed by atoms with Crippen molar-refractivity contribution < 1.29 is 9.53 Å². The van der Waals surface area contributed by atoms with Crippen molar-refractivity contribution >= 4 is 22.8 Å². The lowest BCUT2D eigenvalue weighted by molar-refractivity contribution is 0.104. The topological polar surface area (TPSA) is 55.0 Å². The summed E-state index contributed by atoms with van der Waals surface area (Å²) in [7, 11) is 3.60. The third-order valence-electron chi connectivity index (χ3n) is 3.94. The number of ether oxygens (including phenoxy) is 1. The van der Waals surface area contributed by atoms with Crippen molar-refractivity contribution in [3.8, 4) is 11.8 Å². The Balaban J connectivity index is 1.92. The maximum Gasteiger partial charge on any atom is 0.185 e. The molecule has 0 unspecified atom stereocenters. The second-order valence-corrected chi connectivity index (χ2v) is 5.47. The fourth-order valence-corrected chi connectivity index (χ4v) is 2.63. The molecule has 4 heteroatoms. The molecule has 1 aromatic heterocycles. The molecule has 1 heterocycles. The van der Waals surface area contributed by atoms with E-state index >= 15 is 0 Å². The van der Waals surface area contributed by atoms with Crippen LogP contribution in [0.1, 0.15) is 21.5 Å². The number of rotatable bonds is 4. The molecule has 0 amide bonds. The Kier molecular flexibility index (Phi) is 4.17. The Hall–Kier alpha value is -3.32. The molecule has 0 aliphatic rings. The highest BCUT2D eigenvalue weighted by Gasteiger charge is 2.07. The number of nitrogens with zero attached hydrogens (tertiary/aromatic N) is 2. The SMILES string of the molecule is COc1ccc2c(c1)c(/C=C/C(=O)c1ccc(C#N)cc1)cn2C. The van der Waals surface area contributed by atoms with Crippen molar-refractivity contribution in [2.24, 2.45) is 7.05 Å². The fraction of sp³-hybridized carbons (Fsp3) is 0.100. The van der Waals surface area contributed by atoms with Gasteiger partial charge < -0.3 is 9.30 Å². The number of ketones is 1. The van der Waals surface area contributed by atoms with Gasteiger partial charge in [0.05, 0.1) is 18.7 Å². The van der Waals surface area contributed by atoms with Crippen molar-refractivity contribution in [1.29, 1.82) is 5.26 Å². The summed E-state index contributed by atoms with van der Waals surface area (Å²) in [5, 5.41) is 9.83.